The molecule has 0 aliphatic carbocycles. The normalized spacial score (nSPS) is 17.9. The zero-order valence-corrected chi connectivity index (χ0v) is 16.8. The molecule has 1 fully saturated rings. The van der Waals surface area contributed by atoms with E-state index in [9.17, 15) is 0 Å². The number of hydrogen-bond acceptors (Lipinski definition) is 6. The second kappa shape index (κ2) is 9.24. The summed E-state index contributed by atoms with van der Waals surface area (Å²) in [5, 5.41) is 0. The summed E-state index contributed by atoms with van der Waals surface area (Å²) in [7, 11) is 5.06. The lowest BCUT2D eigenvalue weighted by molar-refractivity contribution is 0.0961. The highest BCUT2D eigenvalue weighted by molar-refractivity contribution is 5.65. The summed E-state index contributed by atoms with van der Waals surface area (Å²) in [6, 6.07) is 6.19. The first kappa shape index (κ1) is 19.7. The highest BCUT2D eigenvalue weighted by Gasteiger charge is 2.25. The fraction of sp³-hybridized carbons (Fsp3) is 0.571. The van der Waals surface area contributed by atoms with Crippen LogP contribution in [0.2, 0.25) is 0 Å². The van der Waals surface area contributed by atoms with Crippen LogP contribution in [0.25, 0.3) is 11.5 Å². The predicted molar refractivity (Wildman–Crippen MR) is 104 cm³/mol. The molecule has 27 heavy (non-hydrogen) atoms. The SMILES string of the molecule is COCCC1CCCCN1Cc1nc(-c2cc(OC)ccc2OC)oc1C. The van der Waals surface area contributed by atoms with E-state index in [1.54, 1.807) is 21.3 Å². The molecular formula is C21H30N2O4. The lowest BCUT2D eigenvalue weighted by Gasteiger charge is -2.35. The van der Waals surface area contributed by atoms with Crippen molar-refractivity contribution < 1.29 is 18.6 Å². The van der Waals surface area contributed by atoms with E-state index in [1.165, 1.54) is 19.3 Å². The van der Waals surface area contributed by atoms with Gasteiger partial charge in [0.2, 0.25) is 5.89 Å². The molecule has 1 saturated heterocycles. The monoisotopic (exact) mass is 374 g/mol. The Labute approximate surface area is 161 Å². The quantitative estimate of drug-likeness (QED) is 0.695. The van der Waals surface area contributed by atoms with E-state index >= 15 is 0 Å². The van der Waals surface area contributed by atoms with Gasteiger partial charge in [-0.2, -0.15) is 0 Å². The Morgan fingerprint density at radius 2 is 2.04 bits per heavy atom. The summed E-state index contributed by atoms with van der Waals surface area (Å²) in [5.41, 5.74) is 1.79. The molecule has 1 aromatic heterocycles. The molecule has 1 atom stereocenters. The number of ether oxygens (including phenoxy) is 3. The molecule has 0 N–H and O–H groups in total. The molecule has 0 radical (unpaired) electrons. The van der Waals surface area contributed by atoms with Crippen molar-refractivity contribution >= 4 is 0 Å². The number of aromatic nitrogens is 1. The first-order valence-electron chi connectivity index (χ1n) is 9.58. The second-order valence-corrected chi connectivity index (χ2v) is 6.99. The summed E-state index contributed by atoms with van der Waals surface area (Å²) < 4.78 is 22.1. The Morgan fingerprint density at radius 3 is 2.78 bits per heavy atom. The smallest absolute Gasteiger partial charge is 0.230 e. The van der Waals surface area contributed by atoms with Crippen molar-refractivity contribution in [1.82, 2.24) is 9.88 Å². The van der Waals surface area contributed by atoms with Crippen LogP contribution >= 0.6 is 0 Å². The maximum absolute atomic E-state index is 6.00. The van der Waals surface area contributed by atoms with Gasteiger partial charge in [-0.1, -0.05) is 6.42 Å². The van der Waals surface area contributed by atoms with Crippen molar-refractivity contribution in [3.8, 4) is 23.0 Å². The molecule has 1 aliphatic heterocycles. The molecule has 1 aromatic carbocycles. The van der Waals surface area contributed by atoms with E-state index in [0.29, 0.717) is 11.9 Å². The van der Waals surface area contributed by atoms with Gasteiger partial charge in [-0.05, 0) is 50.9 Å². The number of oxazole rings is 1. The van der Waals surface area contributed by atoms with Crippen LogP contribution in [0.1, 0.15) is 37.1 Å². The molecule has 6 heteroatoms. The molecule has 0 saturated carbocycles. The van der Waals surface area contributed by atoms with Crippen LogP contribution in [0.15, 0.2) is 22.6 Å². The minimum Gasteiger partial charge on any atom is -0.497 e. The van der Waals surface area contributed by atoms with Gasteiger partial charge in [0, 0.05) is 26.3 Å². The lowest BCUT2D eigenvalue weighted by Crippen LogP contribution is -2.39. The first-order valence-corrected chi connectivity index (χ1v) is 9.58. The van der Waals surface area contributed by atoms with Crippen molar-refractivity contribution in [3.05, 3.63) is 29.7 Å². The summed E-state index contributed by atoms with van der Waals surface area (Å²) in [6.07, 6.45) is 4.80. The predicted octanol–water partition coefficient (Wildman–Crippen LogP) is 4.06. The van der Waals surface area contributed by atoms with Crippen molar-refractivity contribution in [3.63, 3.8) is 0 Å². The number of methoxy groups -OCH3 is 3. The summed E-state index contributed by atoms with van der Waals surface area (Å²) in [5.74, 6) is 2.90. The van der Waals surface area contributed by atoms with Gasteiger partial charge in [-0.25, -0.2) is 4.98 Å². The van der Waals surface area contributed by atoms with Gasteiger partial charge in [-0.15, -0.1) is 0 Å². The van der Waals surface area contributed by atoms with Gasteiger partial charge in [0.15, 0.2) is 0 Å². The van der Waals surface area contributed by atoms with E-state index in [2.05, 4.69) is 4.90 Å². The van der Waals surface area contributed by atoms with Crippen molar-refractivity contribution in [2.45, 2.75) is 45.2 Å². The maximum Gasteiger partial charge on any atom is 0.230 e. The second-order valence-electron chi connectivity index (χ2n) is 6.99. The molecule has 3 rings (SSSR count). The molecule has 1 unspecified atom stereocenters. The zero-order chi connectivity index (χ0) is 19.2. The highest BCUT2D eigenvalue weighted by Crippen LogP contribution is 2.34. The fourth-order valence-corrected chi connectivity index (χ4v) is 3.71. The largest absolute Gasteiger partial charge is 0.497 e. The maximum atomic E-state index is 6.00. The molecule has 0 amide bonds. The van der Waals surface area contributed by atoms with E-state index in [0.717, 1.165) is 54.6 Å². The van der Waals surface area contributed by atoms with Crippen molar-refractivity contribution in [1.29, 1.82) is 0 Å². The van der Waals surface area contributed by atoms with Gasteiger partial charge in [-0.3, -0.25) is 4.90 Å². The van der Waals surface area contributed by atoms with Gasteiger partial charge in [0.1, 0.15) is 17.3 Å². The number of piperidine rings is 1. The van der Waals surface area contributed by atoms with Crippen LogP contribution < -0.4 is 9.47 Å². The van der Waals surface area contributed by atoms with E-state index < -0.39 is 0 Å². The summed E-state index contributed by atoms with van der Waals surface area (Å²) in [4.78, 5) is 7.31. The topological polar surface area (TPSA) is 57.0 Å². The van der Waals surface area contributed by atoms with Crippen LogP contribution in [0, 0.1) is 6.92 Å². The number of aryl methyl sites for hydroxylation is 1. The van der Waals surface area contributed by atoms with Gasteiger partial charge >= 0.3 is 0 Å². The molecule has 2 aromatic rings. The summed E-state index contributed by atoms with van der Waals surface area (Å²) >= 11 is 0. The van der Waals surface area contributed by atoms with Gasteiger partial charge in [0.05, 0.1) is 25.5 Å². The first-order chi connectivity index (χ1) is 13.2. The standard InChI is InChI=1S/C21H30N2O4/c1-15-19(14-23-11-6-5-7-16(23)10-12-24-2)22-21(27-15)18-13-17(25-3)8-9-20(18)26-4/h8-9,13,16H,5-7,10-12,14H2,1-4H3. The Hall–Kier alpha value is -2.05. The van der Waals surface area contributed by atoms with Crippen molar-refractivity contribution in [2.75, 3.05) is 34.5 Å². The van der Waals surface area contributed by atoms with Gasteiger partial charge < -0.3 is 18.6 Å². The molecule has 0 spiro atoms. The fourth-order valence-electron chi connectivity index (χ4n) is 3.71. The van der Waals surface area contributed by atoms with Crippen LogP contribution in [0.3, 0.4) is 0 Å². The average molecular weight is 374 g/mol. The summed E-state index contributed by atoms with van der Waals surface area (Å²) in [6.45, 7) is 4.67. The van der Waals surface area contributed by atoms with Crippen molar-refractivity contribution in [2.24, 2.45) is 0 Å². The van der Waals surface area contributed by atoms with Crippen LogP contribution in [0.4, 0.5) is 0 Å². The molecule has 6 nitrogen and oxygen atoms in total. The lowest BCUT2D eigenvalue weighted by atomic mass is 9.99. The third-order valence-corrected chi connectivity index (χ3v) is 5.29. The number of rotatable bonds is 8. The molecule has 2 heterocycles. The Kier molecular flexibility index (Phi) is 6.74. The number of likely N-dealkylation sites (tertiary alicyclic amines) is 1. The van der Waals surface area contributed by atoms with Gasteiger partial charge in [0.25, 0.3) is 0 Å². The Balaban J connectivity index is 1.82. The van der Waals surface area contributed by atoms with E-state index in [1.807, 2.05) is 25.1 Å². The minimum atomic E-state index is 0.546. The zero-order valence-electron chi connectivity index (χ0n) is 16.8. The number of benzene rings is 1. The molecular weight excluding hydrogens is 344 g/mol. The molecule has 0 bridgehead atoms. The van der Waals surface area contributed by atoms with Crippen LogP contribution in [0.5, 0.6) is 11.5 Å². The van der Waals surface area contributed by atoms with E-state index in [4.69, 9.17) is 23.6 Å². The third kappa shape index (κ3) is 4.62. The Morgan fingerprint density at radius 1 is 1.19 bits per heavy atom. The molecule has 148 valence electrons. The number of nitrogens with zero attached hydrogens (tertiary/aromatic N) is 2. The number of hydrogen-bond donors (Lipinski definition) is 0. The van der Waals surface area contributed by atoms with Crippen LogP contribution in [-0.4, -0.2) is 50.4 Å². The van der Waals surface area contributed by atoms with E-state index in [-0.39, 0.29) is 0 Å². The minimum absolute atomic E-state index is 0.546. The average Bonchev–Trinajstić information content (AvgIpc) is 3.07. The Bertz CT molecular complexity index is 744. The third-order valence-electron chi connectivity index (χ3n) is 5.29. The van der Waals surface area contributed by atoms with Crippen LogP contribution in [-0.2, 0) is 11.3 Å². The highest BCUT2D eigenvalue weighted by atomic mass is 16.5. The molecule has 1 aliphatic rings.